The molecular weight excluding hydrogens is 258 g/mol. The monoisotopic (exact) mass is 291 g/mol. The summed E-state index contributed by atoms with van der Waals surface area (Å²) >= 11 is 0. The van der Waals surface area contributed by atoms with Gasteiger partial charge in [0.2, 0.25) is 0 Å². The molecule has 1 heterocycles. The van der Waals surface area contributed by atoms with Crippen LogP contribution in [-0.4, -0.2) is 22.6 Å². The molecule has 0 aromatic carbocycles. The third kappa shape index (κ3) is 4.09. The van der Waals surface area contributed by atoms with Gasteiger partial charge in [-0.1, -0.05) is 27.7 Å². The minimum Gasteiger partial charge on any atom is -0.338 e. The number of imidazole rings is 1. The highest BCUT2D eigenvalue weighted by Crippen LogP contribution is 2.46. The third-order valence-electron chi connectivity index (χ3n) is 5.24. The average molecular weight is 291 g/mol. The zero-order valence-electron chi connectivity index (χ0n) is 14.5. The van der Waals surface area contributed by atoms with Crippen LogP contribution in [0.5, 0.6) is 0 Å². The first-order chi connectivity index (χ1) is 9.93. The molecule has 3 unspecified atom stereocenters. The van der Waals surface area contributed by atoms with Crippen LogP contribution in [-0.2, 0) is 7.05 Å². The van der Waals surface area contributed by atoms with Crippen molar-refractivity contribution in [1.29, 1.82) is 0 Å². The number of nitrogens with one attached hydrogen (secondary N) is 1. The Bertz CT molecular complexity index is 430. The van der Waals surface area contributed by atoms with Gasteiger partial charge in [0.1, 0.15) is 5.82 Å². The summed E-state index contributed by atoms with van der Waals surface area (Å²) in [6, 6.07) is 0. The molecule has 0 spiro atoms. The molecule has 0 radical (unpaired) electrons. The van der Waals surface area contributed by atoms with Crippen molar-refractivity contribution < 1.29 is 0 Å². The zero-order chi connectivity index (χ0) is 15.5. The molecule has 1 aromatic rings. The lowest BCUT2D eigenvalue weighted by atomic mass is 9.65. The van der Waals surface area contributed by atoms with E-state index in [1.807, 2.05) is 6.20 Å². The van der Waals surface area contributed by atoms with Crippen LogP contribution in [0.3, 0.4) is 0 Å². The minimum atomic E-state index is 0.408. The second-order valence-electron chi connectivity index (χ2n) is 7.84. The smallest absolute Gasteiger partial charge is 0.111 e. The lowest BCUT2D eigenvalue weighted by molar-refractivity contribution is 0.125. The van der Waals surface area contributed by atoms with Crippen LogP contribution in [0.1, 0.15) is 65.1 Å². The van der Waals surface area contributed by atoms with Crippen molar-refractivity contribution >= 4 is 0 Å². The molecule has 0 amide bonds. The van der Waals surface area contributed by atoms with Crippen LogP contribution in [0.25, 0.3) is 0 Å². The molecule has 1 saturated carbocycles. The van der Waals surface area contributed by atoms with Gasteiger partial charge in [-0.15, -0.1) is 0 Å². The second kappa shape index (κ2) is 6.95. The van der Waals surface area contributed by atoms with Gasteiger partial charge in [-0.25, -0.2) is 4.98 Å². The molecule has 120 valence electrons. The molecule has 21 heavy (non-hydrogen) atoms. The Balaban J connectivity index is 2.12. The maximum absolute atomic E-state index is 4.67. The Kier molecular flexibility index (Phi) is 5.48. The van der Waals surface area contributed by atoms with Gasteiger partial charge in [-0.05, 0) is 56.0 Å². The average Bonchev–Trinajstić information content (AvgIpc) is 2.84. The summed E-state index contributed by atoms with van der Waals surface area (Å²) in [6.45, 7) is 11.7. The topological polar surface area (TPSA) is 29.9 Å². The molecule has 1 fully saturated rings. The van der Waals surface area contributed by atoms with Gasteiger partial charge in [0, 0.05) is 25.4 Å². The number of aromatic nitrogens is 2. The van der Waals surface area contributed by atoms with Crippen molar-refractivity contribution in [3.8, 4) is 0 Å². The molecular formula is C18H33N3. The minimum absolute atomic E-state index is 0.408. The van der Waals surface area contributed by atoms with E-state index in [1.54, 1.807) is 0 Å². The number of nitrogens with zero attached hydrogens (tertiary/aromatic N) is 2. The summed E-state index contributed by atoms with van der Waals surface area (Å²) in [5, 5.41) is 3.63. The molecule has 3 nitrogen and oxygen atoms in total. The van der Waals surface area contributed by atoms with Crippen molar-refractivity contribution in [3.05, 3.63) is 18.2 Å². The summed E-state index contributed by atoms with van der Waals surface area (Å²) < 4.78 is 2.22. The van der Waals surface area contributed by atoms with Crippen LogP contribution in [0.4, 0.5) is 0 Å². The predicted octanol–water partition coefficient (Wildman–Crippen LogP) is 3.97. The van der Waals surface area contributed by atoms with E-state index < -0.39 is 0 Å². The van der Waals surface area contributed by atoms with E-state index in [0.29, 0.717) is 11.3 Å². The summed E-state index contributed by atoms with van der Waals surface area (Å²) in [5.74, 6) is 3.43. The highest BCUT2D eigenvalue weighted by Gasteiger charge is 2.37. The standard InChI is InChI=1S/C18H33N3/c1-6-9-19-13-14-7-8-15(18(2,3)4)12-16(14)17-20-10-11-21(17)5/h10-11,14-16,19H,6-9,12-13H2,1-5H3. The fraction of sp³-hybridized carbons (Fsp3) is 0.833. The van der Waals surface area contributed by atoms with Crippen molar-refractivity contribution in [1.82, 2.24) is 14.9 Å². The molecule has 2 rings (SSSR count). The van der Waals surface area contributed by atoms with E-state index >= 15 is 0 Å². The SMILES string of the molecule is CCCNCC1CCC(C(C)(C)C)CC1c1nccn1C. The van der Waals surface area contributed by atoms with Crippen molar-refractivity contribution in [2.24, 2.45) is 24.3 Å². The van der Waals surface area contributed by atoms with E-state index in [4.69, 9.17) is 0 Å². The molecule has 1 aromatic heterocycles. The van der Waals surface area contributed by atoms with Gasteiger partial charge in [0.15, 0.2) is 0 Å². The molecule has 3 heteroatoms. The molecule has 1 aliphatic rings. The molecule has 3 atom stereocenters. The summed E-state index contributed by atoms with van der Waals surface area (Å²) in [4.78, 5) is 4.67. The number of rotatable bonds is 5. The Hall–Kier alpha value is -0.830. The number of hydrogen-bond donors (Lipinski definition) is 1. The molecule has 1 aliphatic carbocycles. The van der Waals surface area contributed by atoms with Crippen molar-refractivity contribution in [2.75, 3.05) is 13.1 Å². The lowest BCUT2D eigenvalue weighted by Crippen LogP contribution is -2.36. The largest absolute Gasteiger partial charge is 0.338 e. The molecule has 0 aliphatic heterocycles. The first kappa shape index (κ1) is 16.5. The van der Waals surface area contributed by atoms with Gasteiger partial charge < -0.3 is 9.88 Å². The van der Waals surface area contributed by atoms with Crippen LogP contribution >= 0.6 is 0 Å². The van der Waals surface area contributed by atoms with Crippen LogP contribution in [0.15, 0.2) is 12.4 Å². The van der Waals surface area contributed by atoms with Gasteiger partial charge in [0.05, 0.1) is 0 Å². The quantitative estimate of drug-likeness (QED) is 0.832. The Morgan fingerprint density at radius 2 is 2.10 bits per heavy atom. The van der Waals surface area contributed by atoms with E-state index in [9.17, 15) is 0 Å². The van der Waals surface area contributed by atoms with Gasteiger partial charge >= 0.3 is 0 Å². The Labute approximate surface area is 130 Å². The highest BCUT2D eigenvalue weighted by molar-refractivity contribution is 5.06. The maximum atomic E-state index is 4.67. The van der Waals surface area contributed by atoms with Crippen LogP contribution in [0, 0.1) is 17.3 Å². The van der Waals surface area contributed by atoms with Gasteiger partial charge in [-0.2, -0.15) is 0 Å². The van der Waals surface area contributed by atoms with Crippen LogP contribution < -0.4 is 5.32 Å². The predicted molar refractivity (Wildman–Crippen MR) is 89.4 cm³/mol. The third-order valence-corrected chi connectivity index (χ3v) is 5.24. The summed E-state index contributed by atoms with van der Waals surface area (Å²) in [7, 11) is 2.14. The number of hydrogen-bond acceptors (Lipinski definition) is 2. The van der Waals surface area contributed by atoms with Crippen molar-refractivity contribution in [2.45, 2.75) is 59.3 Å². The summed E-state index contributed by atoms with van der Waals surface area (Å²) in [6.07, 6.45) is 9.23. The van der Waals surface area contributed by atoms with Crippen LogP contribution in [0.2, 0.25) is 0 Å². The van der Waals surface area contributed by atoms with E-state index in [1.165, 1.54) is 31.5 Å². The normalized spacial score (nSPS) is 27.0. The Morgan fingerprint density at radius 1 is 1.33 bits per heavy atom. The summed E-state index contributed by atoms with van der Waals surface area (Å²) in [5.41, 5.74) is 0.408. The van der Waals surface area contributed by atoms with E-state index in [0.717, 1.165) is 24.9 Å². The fourth-order valence-electron chi connectivity index (χ4n) is 3.78. The maximum Gasteiger partial charge on any atom is 0.111 e. The molecule has 1 N–H and O–H groups in total. The second-order valence-corrected chi connectivity index (χ2v) is 7.84. The molecule has 0 bridgehead atoms. The lowest BCUT2D eigenvalue weighted by Gasteiger charge is -2.41. The zero-order valence-corrected chi connectivity index (χ0v) is 14.5. The van der Waals surface area contributed by atoms with Gasteiger partial charge in [-0.3, -0.25) is 0 Å². The van der Waals surface area contributed by atoms with E-state index in [-0.39, 0.29) is 0 Å². The first-order valence-electron chi connectivity index (χ1n) is 8.61. The Morgan fingerprint density at radius 3 is 2.67 bits per heavy atom. The fourth-order valence-corrected chi connectivity index (χ4v) is 3.78. The molecule has 0 saturated heterocycles. The number of aryl methyl sites for hydroxylation is 1. The first-order valence-corrected chi connectivity index (χ1v) is 8.61. The van der Waals surface area contributed by atoms with Crippen molar-refractivity contribution in [3.63, 3.8) is 0 Å². The van der Waals surface area contributed by atoms with Gasteiger partial charge in [0.25, 0.3) is 0 Å². The highest BCUT2D eigenvalue weighted by atomic mass is 15.0. The van der Waals surface area contributed by atoms with E-state index in [2.05, 4.69) is 55.8 Å².